The Morgan fingerprint density at radius 3 is 1.73 bits per heavy atom. The van der Waals surface area contributed by atoms with Gasteiger partial charge in [0.1, 0.15) is 11.3 Å². The van der Waals surface area contributed by atoms with Crippen LogP contribution in [0.2, 0.25) is 0 Å². The van der Waals surface area contributed by atoms with Gasteiger partial charge < -0.3 is 9.47 Å². The van der Waals surface area contributed by atoms with Gasteiger partial charge >= 0.3 is 11.9 Å². The molecular weight excluding hydrogens is 556 g/mol. The lowest BCUT2D eigenvalue weighted by Gasteiger charge is -2.13. The Bertz CT molecular complexity index is 958. The van der Waals surface area contributed by atoms with Crippen LogP contribution in [0.25, 0.3) is 0 Å². The molecule has 1 rings (SSSR count). The van der Waals surface area contributed by atoms with E-state index in [1.54, 1.807) is 6.07 Å². The zero-order valence-electron chi connectivity index (χ0n) is 29.3. The molecule has 1 aromatic carbocycles. The third-order valence-corrected chi connectivity index (χ3v) is 8.25. The second-order valence-electron chi connectivity index (χ2n) is 12.4. The lowest BCUT2D eigenvalue weighted by atomic mass is 9.99. The number of carbonyl (C=O) groups excluding carboxylic acids is 2. The maximum absolute atomic E-state index is 12.6. The molecule has 0 amide bonds. The van der Waals surface area contributed by atoms with Crippen molar-refractivity contribution in [2.75, 3.05) is 7.11 Å². The Kier molecular flexibility index (Phi) is 27.0. The van der Waals surface area contributed by atoms with Crippen LogP contribution in [0.1, 0.15) is 177 Å². The molecule has 254 valence electrons. The summed E-state index contributed by atoms with van der Waals surface area (Å²) in [5, 5.41) is 0. The van der Waals surface area contributed by atoms with Crippen LogP contribution in [0, 0.1) is 0 Å². The highest BCUT2D eigenvalue weighted by Gasteiger charge is 2.20. The Labute approximate surface area is 277 Å². The van der Waals surface area contributed by atoms with E-state index in [4.69, 9.17) is 9.47 Å². The Morgan fingerprint density at radius 2 is 1.13 bits per heavy atom. The molecule has 0 heterocycles. The van der Waals surface area contributed by atoms with Crippen LogP contribution in [0.3, 0.4) is 0 Å². The molecule has 0 aromatic heterocycles. The first kappa shape index (κ1) is 40.4. The number of aryl methyl sites for hydroxylation is 1. The van der Waals surface area contributed by atoms with Gasteiger partial charge in [-0.1, -0.05) is 139 Å². The standard InChI is InChI=1S/C41H66O4/c1-4-6-8-10-12-14-16-18-19-21-23-25-27-29-31-36-39(42)45-38-35-32-34-37(40(38)41(43)44-3)33-30-28-26-24-22-20-17-15-13-11-9-7-5-2/h9,11,15,17-19,32,34-35H,4-8,10,12-14,16,20-31,33,36H2,1-3H3/b11-9-,17-15-,19-18-. The molecule has 45 heavy (non-hydrogen) atoms. The van der Waals surface area contributed by atoms with Crippen LogP contribution >= 0.6 is 0 Å². The summed E-state index contributed by atoms with van der Waals surface area (Å²) in [7, 11) is 1.38. The first-order valence-corrected chi connectivity index (χ1v) is 18.5. The molecule has 4 heteroatoms. The van der Waals surface area contributed by atoms with E-state index in [-0.39, 0.29) is 5.97 Å². The van der Waals surface area contributed by atoms with Gasteiger partial charge in [-0.2, -0.15) is 0 Å². The van der Waals surface area contributed by atoms with E-state index < -0.39 is 5.97 Å². The van der Waals surface area contributed by atoms with Crippen LogP contribution < -0.4 is 4.74 Å². The molecular formula is C41H66O4. The summed E-state index contributed by atoms with van der Waals surface area (Å²) in [6, 6.07) is 5.53. The fourth-order valence-corrected chi connectivity index (χ4v) is 5.50. The van der Waals surface area contributed by atoms with Crippen LogP contribution in [-0.4, -0.2) is 19.0 Å². The summed E-state index contributed by atoms with van der Waals surface area (Å²) < 4.78 is 10.8. The van der Waals surface area contributed by atoms with Crippen molar-refractivity contribution in [3.63, 3.8) is 0 Å². The molecule has 0 spiro atoms. The van der Waals surface area contributed by atoms with Gasteiger partial charge in [-0.3, -0.25) is 4.79 Å². The molecule has 0 saturated heterocycles. The van der Waals surface area contributed by atoms with Gasteiger partial charge in [-0.25, -0.2) is 4.79 Å². The molecule has 4 nitrogen and oxygen atoms in total. The van der Waals surface area contributed by atoms with E-state index in [2.05, 4.69) is 50.3 Å². The largest absolute Gasteiger partial charge is 0.465 e. The average Bonchev–Trinajstić information content (AvgIpc) is 3.04. The van der Waals surface area contributed by atoms with Crippen molar-refractivity contribution >= 4 is 11.9 Å². The Balaban J connectivity index is 2.26. The van der Waals surface area contributed by atoms with E-state index >= 15 is 0 Å². The zero-order chi connectivity index (χ0) is 32.6. The maximum Gasteiger partial charge on any atom is 0.341 e. The number of rotatable bonds is 29. The van der Waals surface area contributed by atoms with Crippen molar-refractivity contribution in [2.24, 2.45) is 0 Å². The van der Waals surface area contributed by atoms with E-state index in [0.29, 0.717) is 17.7 Å². The van der Waals surface area contributed by atoms with Crippen molar-refractivity contribution in [1.82, 2.24) is 0 Å². The Hall–Kier alpha value is -2.62. The van der Waals surface area contributed by atoms with Crippen LogP contribution in [0.5, 0.6) is 5.75 Å². The predicted molar refractivity (Wildman–Crippen MR) is 192 cm³/mol. The van der Waals surface area contributed by atoms with Crippen molar-refractivity contribution in [2.45, 2.75) is 168 Å². The number of esters is 2. The summed E-state index contributed by atoms with van der Waals surface area (Å²) in [4.78, 5) is 25.3. The number of hydrogen-bond acceptors (Lipinski definition) is 4. The predicted octanol–water partition coefficient (Wildman–Crippen LogP) is 12.6. The molecule has 0 saturated carbocycles. The monoisotopic (exact) mass is 622 g/mol. The topological polar surface area (TPSA) is 52.6 Å². The fraction of sp³-hybridized carbons (Fsp3) is 0.659. The SMILES string of the molecule is CCC/C=C\C/C=C\CCCCCCCc1cccc(OC(=O)CCCCCCC/C=C\CCCCCCCC)c1C(=O)OC. The van der Waals surface area contributed by atoms with Gasteiger partial charge in [0.25, 0.3) is 0 Å². The van der Waals surface area contributed by atoms with E-state index in [0.717, 1.165) is 63.4 Å². The van der Waals surface area contributed by atoms with Crippen molar-refractivity contribution < 1.29 is 19.1 Å². The molecule has 0 bridgehead atoms. The molecule has 0 radical (unpaired) electrons. The molecule has 0 aliphatic carbocycles. The van der Waals surface area contributed by atoms with Gasteiger partial charge in [0.2, 0.25) is 0 Å². The first-order chi connectivity index (χ1) is 22.1. The van der Waals surface area contributed by atoms with Crippen molar-refractivity contribution in [3.8, 4) is 5.75 Å². The fourth-order valence-electron chi connectivity index (χ4n) is 5.50. The number of allylic oxidation sites excluding steroid dienone is 6. The van der Waals surface area contributed by atoms with E-state index in [1.807, 2.05) is 12.1 Å². The molecule has 0 N–H and O–H groups in total. The normalized spacial score (nSPS) is 11.7. The van der Waals surface area contributed by atoms with Crippen molar-refractivity contribution in [3.05, 3.63) is 65.8 Å². The summed E-state index contributed by atoms with van der Waals surface area (Å²) >= 11 is 0. The van der Waals surface area contributed by atoms with E-state index in [1.165, 1.54) is 97.0 Å². The summed E-state index contributed by atoms with van der Waals surface area (Å²) in [5.41, 5.74) is 1.29. The summed E-state index contributed by atoms with van der Waals surface area (Å²) in [6.07, 6.45) is 41.0. The second kappa shape index (κ2) is 30.1. The third kappa shape index (κ3) is 22.5. The number of carbonyl (C=O) groups is 2. The molecule has 0 fully saturated rings. The molecule has 1 aromatic rings. The molecule has 0 atom stereocenters. The molecule has 0 aliphatic rings. The third-order valence-electron chi connectivity index (χ3n) is 8.25. The number of ether oxygens (including phenoxy) is 2. The van der Waals surface area contributed by atoms with Gasteiger partial charge in [0.15, 0.2) is 0 Å². The number of benzene rings is 1. The molecule has 0 aliphatic heterocycles. The summed E-state index contributed by atoms with van der Waals surface area (Å²) in [5.74, 6) is -0.389. The lowest BCUT2D eigenvalue weighted by Crippen LogP contribution is -2.14. The highest BCUT2D eigenvalue weighted by molar-refractivity contribution is 5.95. The van der Waals surface area contributed by atoms with Gasteiger partial charge in [-0.05, 0) is 82.3 Å². The van der Waals surface area contributed by atoms with Gasteiger partial charge in [0.05, 0.1) is 7.11 Å². The quantitative estimate of drug-likeness (QED) is 0.0386. The molecule has 0 unspecified atom stereocenters. The van der Waals surface area contributed by atoms with E-state index in [9.17, 15) is 9.59 Å². The van der Waals surface area contributed by atoms with Crippen LogP contribution in [-0.2, 0) is 16.0 Å². The zero-order valence-corrected chi connectivity index (χ0v) is 29.3. The number of unbranched alkanes of at least 4 members (excludes halogenated alkanes) is 17. The number of hydrogen-bond donors (Lipinski definition) is 0. The minimum absolute atomic E-state index is 0.277. The minimum atomic E-state index is -0.439. The van der Waals surface area contributed by atoms with Crippen LogP contribution in [0.15, 0.2) is 54.7 Å². The lowest BCUT2D eigenvalue weighted by molar-refractivity contribution is -0.134. The Morgan fingerprint density at radius 1 is 0.600 bits per heavy atom. The second-order valence-corrected chi connectivity index (χ2v) is 12.4. The van der Waals surface area contributed by atoms with Gasteiger partial charge in [0, 0.05) is 6.42 Å². The van der Waals surface area contributed by atoms with Crippen molar-refractivity contribution in [1.29, 1.82) is 0 Å². The average molecular weight is 623 g/mol. The summed E-state index contributed by atoms with van der Waals surface area (Å²) in [6.45, 7) is 4.47. The first-order valence-electron chi connectivity index (χ1n) is 18.5. The highest BCUT2D eigenvalue weighted by Crippen LogP contribution is 2.26. The van der Waals surface area contributed by atoms with Crippen LogP contribution in [0.4, 0.5) is 0 Å². The highest BCUT2D eigenvalue weighted by atomic mass is 16.5. The smallest absolute Gasteiger partial charge is 0.341 e. The number of methoxy groups -OCH3 is 1. The minimum Gasteiger partial charge on any atom is -0.465 e. The van der Waals surface area contributed by atoms with Gasteiger partial charge in [-0.15, -0.1) is 0 Å². The maximum atomic E-state index is 12.6.